The van der Waals surface area contributed by atoms with Crippen LogP contribution in [0.2, 0.25) is 0 Å². The zero-order chi connectivity index (χ0) is 8.41. The summed E-state index contributed by atoms with van der Waals surface area (Å²) in [6.07, 6.45) is 0. The van der Waals surface area contributed by atoms with E-state index in [9.17, 15) is 4.57 Å². The zero-order valence-electron chi connectivity index (χ0n) is 6.20. The van der Waals surface area contributed by atoms with Gasteiger partial charge < -0.3 is 4.89 Å². The summed E-state index contributed by atoms with van der Waals surface area (Å²) in [5.74, 6) is 4.48. The molecule has 0 aromatic rings. The van der Waals surface area contributed by atoms with Gasteiger partial charge in [-0.1, -0.05) is 0 Å². The Hall–Kier alpha value is 0.0700. The molecule has 10 heavy (non-hydrogen) atoms. The van der Waals surface area contributed by atoms with Crippen molar-refractivity contribution in [2.24, 2.45) is 5.90 Å². The molecule has 0 rings (SSSR count). The van der Waals surface area contributed by atoms with E-state index in [1.165, 1.54) is 0 Å². The van der Waals surface area contributed by atoms with Gasteiger partial charge in [0.2, 0.25) is 0 Å². The van der Waals surface area contributed by atoms with E-state index >= 15 is 0 Å². The van der Waals surface area contributed by atoms with Crippen LogP contribution in [0, 0.1) is 0 Å². The van der Waals surface area contributed by atoms with E-state index in [-0.39, 0.29) is 0 Å². The van der Waals surface area contributed by atoms with Gasteiger partial charge in [-0.3, -0.25) is 4.52 Å². The van der Waals surface area contributed by atoms with Gasteiger partial charge >= 0.3 is 7.82 Å². The Balaban J connectivity index is 4.03. The smallest absolute Gasteiger partial charge is 0.301 e. The molecule has 0 aromatic heterocycles. The molecule has 0 aliphatic carbocycles. The first-order valence-corrected chi connectivity index (χ1v) is 4.18. The average Bonchev–Trinajstić information content (AvgIpc) is 1.60. The molecule has 1 atom stereocenters. The van der Waals surface area contributed by atoms with Gasteiger partial charge in [0.05, 0.1) is 5.60 Å². The largest absolute Gasteiger partial charge is 0.489 e. The molecule has 0 aliphatic heterocycles. The summed E-state index contributed by atoms with van der Waals surface area (Å²) in [7, 11) is -4.02. The highest BCUT2D eigenvalue weighted by Gasteiger charge is 2.27. The molecule has 0 amide bonds. The standard InChI is InChI=1S/C4H12NO4P/c1-4(2,3)8-10(6,7)9-5/h5H2,1-3H3,(H,6,7). The molecule has 0 aromatic carbocycles. The van der Waals surface area contributed by atoms with Crippen LogP contribution in [0.3, 0.4) is 0 Å². The van der Waals surface area contributed by atoms with Crippen molar-refractivity contribution in [1.82, 2.24) is 0 Å². The molecule has 0 radical (unpaired) electrons. The molecule has 0 saturated heterocycles. The number of rotatable bonds is 2. The lowest BCUT2D eigenvalue weighted by Crippen LogP contribution is -2.18. The minimum absolute atomic E-state index is 0.732. The van der Waals surface area contributed by atoms with E-state index in [1.807, 2.05) is 0 Å². The van der Waals surface area contributed by atoms with E-state index in [1.54, 1.807) is 20.8 Å². The van der Waals surface area contributed by atoms with Crippen molar-refractivity contribution in [3.05, 3.63) is 0 Å². The fraction of sp³-hybridized carbons (Fsp3) is 1.00. The molecule has 0 saturated carbocycles. The third-order valence-corrected chi connectivity index (χ3v) is 1.57. The highest BCUT2D eigenvalue weighted by Crippen LogP contribution is 2.44. The van der Waals surface area contributed by atoms with Crippen LogP contribution in [0.1, 0.15) is 20.8 Å². The molecule has 0 spiro atoms. The second-order valence-corrected chi connectivity index (χ2v) is 4.11. The highest BCUT2D eigenvalue weighted by atomic mass is 31.2. The summed E-state index contributed by atoms with van der Waals surface area (Å²) in [5, 5.41) is 0. The Morgan fingerprint density at radius 3 is 2.00 bits per heavy atom. The maximum atomic E-state index is 10.6. The molecule has 62 valence electrons. The topological polar surface area (TPSA) is 81.8 Å². The van der Waals surface area contributed by atoms with Crippen LogP contribution in [0.15, 0.2) is 0 Å². The molecule has 0 bridgehead atoms. The predicted octanol–water partition coefficient (Wildman–Crippen LogP) is 0.792. The predicted molar refractivity (Wildman–Crippen MR) is 35.9 cm³/mol. The van der Waals surface area contributed by atoms with Crippen LogP contribution < -0.4 is 5.90 Å². The van der Waals surface area contributed by atoms with E-state index in [4.69, 9.17) is 4.89 Å². The third kappa shape index (κ3) is 4.90. The summed E-state index contributed by atoms with van der Waals surface area (Å²) in [6, 6.07) is 0. The first kappa shape index (κ1) is 10.1. The molecule has 1 unspecified atom stereocenters. The Kier molecular flexibility index (Phi) is 3.00. The van der Waals surface area contributed by atoms with Crippen LogP contribution in [-0.2, 0) is 13.7 Å². The summed E-state index contributed by atoms with van der Waals surface area (Å²) in [5.41, 5.74) is -0.732. The van der Waals surface area contributed by atoms with Gasteiger partial charge in [0.15, 0.2) is 0 Å². The molecular formula is C4H12NO4P. The second-order valence-electron chi connectivity index (χ2n) is 2.78. The lowest BCUT2D eigenvalue weighted by molar-refractivity contribution is 0.0617. The van der Waals surface area contributed by atoms with Crippen molar-refractivity contribution in [2.75, 3.05) is 0 Å². The van der Waals surface area contributed by atoms with Crippen molar-refractivity contribution in [2.45, 2.75) is 26.4 Å². The first-order valence-electron chi connectivity index (χ1n) is 2.69. The second kappa shape index (κ2) is 2.98. The Labute approximate surface area is 59.7 Å². The SMILES string of the molecule is CC(C)(C)OP(=O)(O)ON. The van der Waals surface area contributed by atoms with Gasteiger partial charge in [0.25, 0.3) is 0 Å². The Morgan fingerprint density at radius 1 is 1.50 bits per heavy atom. The minimum Gasteiger partial charge on any atom is -0.301 e. The summed E-state index contributed by atoms with van der Waals surface area (Å²) in [4.78, 5) is 8.64. The van der Waals surface area contributed by atoms with Gasteiger partial charge in [0, 0.05) is 0 Å². The lowest BCUT2D eigenvalue weighted by Gasteiger charge is -2.20. The number of nitrogens with two attached hydrogens (primary N) is 1. The van der Waals surface area contributed by atoms with Gasteiger partial charge in [-0.2, -0.15) is 0 Å². The normalized spacial score (nSPS) is 18.5. The van der Waals surface area contributed by atoms with E-state index < -0.39 is 13.4 Å². The number of hydrogen-bond acceptors (Lipinski definition) is 4. The maximum Gasteiger partial charge on any atom is 0.489 e. The van der Waals surface area contributed by atoms with Crippen molar-refractivity contribution in [3.8, 4) is 0 Å². The van der Waals surface area contributed by atoms with Crippen molar-refractivity contribution < 1.29 is 18.6 Å². The molecular weight excluding hydrogens is 157 g/mol. The van der Waals surface area contributed by atoms with Crippen LogP contribution in [0.4, 0.5) is 0 Å². The van der Waals surface area contributed by atoms with Crippen LogP contribution in [-0.4, -0.2) is 10.5 Å². The van der Waals surface area contributed by atoms with Gasteiger partial charge in [-0.05, 0) is 20.8 Å². The summed E-state index contributed by atoms with van der Waals surface area (Å²) in [6.45, 7) is 4.86. The van der Waals surface area contributed by atoms with Crippen molar-refractivity contribution >= 4 is 7.82 Å². The molecule has 0 fully saturated rings. The Bertz CT molecular complexity index is 152. The van der Waals surface area contributed by atoms with Crippen LogP contribution in [0.25, 0.3) is 0 Å². The number of hydrogen-bond donors (Lipinski definition) is 2. The Morgan fingerprint density at radius 2 is 1.90 bits per heavy atom. The van der Waals surface area contributed by atoms with Crippen molar-refractivity contribution in [1.29, 1.82) is 0 Å². The van der Waals surface area contributed by atoms with E-state index in [2.05, 4.69) is 15.0 Å². The fourth-order valence-corrected chi connectivity index (χ4v) is 1.10. The van der Waals surface area contributed by atoms with E-state index in [0.717, 1.165) is 0 Å². The summed E-state index contributed by atoms with van der Waals surface area (Å²) < 4.78 is 18.8. The molecule has 5 nitrogen and oxygen atoms in total. The molecule has 0 aliphatic rings. The quantitative estimate of drug-likeness (QED) is 0.471. The van der Waals surface area contributed by atoms with Gasteiger partial charge in [0.1, 0.15) is 0 Å². The van der Waals surface area contributed by atoms with Crippen LogP contribution >= 0.6 is 7.82 Å². The fourth-order valence-electron chi connectivity index (χ4n) is 0.368. The monoisotopic (exact) mass is 169 g/mol. The average molecular weight is 169 g/mol. The van der Waals surface area contributed by atoms with Gasteiger partial charge in [-0.15, -0.1) is 0 Å². The molecule has 0 heterocycles. The highest BCUT2D eigenvalue weighted by molar-refractivity contribution is 7.47. The van der Waals surface area contributed by atoms with E-state index in [0.29, 0.717) is 0 Å². The van der Waals surface area contributed by atoms with Crippen LogP contribution in [0.5, 0.6) is 0 Å². The maximum absolute atomic E-state index is 10.6. The van der Waals surface area contributed by atoms with Crippen molar-refractivity contribution in [3.63, 3.8) is 0 Å². The number of phosphoric acid groups is 1. The summed E-state index contributed by atoms with van der Waals surface area (Å²) >= 11 is 0. The van der Waals surface area contributed by atoms with Gasteiger partial charge in [-0.25, -0.2) is 15.1 Å². The first-order chi connectivity index (χ1) is 4.27. The molecule has 3 N–H and O–H groups in total. The zero-order valence-corrected chi connectivity index (χ0v) is 7.09. The third-order valence-electron chi connectivity index (χ3n) is 0.522. The number of phosphoric ester groups is 1. The minimum atomic E-state index is -4.02. The lowest BCUT2D eigenvalue weighted by atomic mass is 10.2. The molecule has 6 heteroatoms.